The minimum Gasteiger partial charge on any atom is -0.462 e. The van der Waals surface area contributed by atoms with E-state index in [0.29, 0.717) is 18.8 Å². The largest absolute Gasteiger partial charge is 0.462 e. The van der Waals surface area contributed by atoms with Crippen LogP contribution in [0.3, 0.4) is 0 Å². The van der Waals surface area contributed by atoms with E-state index < -0.39 is 0 Å². The van der Waals surface area contributed by atoms with Crippen LogP contribution in [0.15, 0.2) is 48.8 Å². The smallest absolute Gasteiger partial charge is 0.338 e. The van der Waals surface area contributed by atoms with Gasteiger partial charge in [0.1, 0.15) is 0 Å². The third-order valence-electron chi connectivity index (χ3n) is 3.63. The summed E-state index contributed by atoms with van der Waals surface area (Å²) in [4.78, 5) is 16.0. The lowest BCUT2D eigenvalue weighted by Crippen LogP contribution is -2.08. The van der Waals surface area contributed by atoms with Crippen molar-refractivity contribution in [1.29, 1.82) is 0 Å². The van der Waals surface area contributed by atoms with Gasteiger partial charge in [-0.15, -0.1) is 0 Å². The van der Waals surface area contributed by atoms with Crippen molar-refractivity contribution in [1.82, 2.24) is 9.55 Å². The number of fused-ring (bicyclic) bond motifs is 1. The highest BCUT2D eigenvalue weighted by molar-refractivity contribution is 5.89. The number of benzene rings is 2. The van der Waals surface area contributed by atoms with Gasteiger partial charge in [-0.3, -0.25) is 0 Å². The normalized spacial score (nSPS) is 10.7. The Morgan fingerprint density at radius 2 is 2.00 bits per heavy atom. The Balaban J connectivity index is 1.69. The van der Waals surface area contributed by atoms with Crippen LogP contribution in [0.25, 0.3) is 11.0 Å². The second kappa shape index (κ2) is 6.52. The molecule has 1 aromatic heterocycles. The second-order valence-corrected chi connectivity index (χ2v) is 5.34. The summed E-state index contributed by atoms with van der Waals surface area (Å²) >= 11 is 0. The van der Waals surface area contributed by atoms with Gasteiger partial charge in [0.05, 0.1) is 36.2 Å². The van der Waals surface area contributed by atoms with E-state index in [-0.39, 0.29) is 5.97 Å². The molecule has 3 aromatic rings. The van der Waals surface area contributed by atoms with Crippen LogP contribution in [0.4, 0.5) is 5.69 Å². The number of carbonyl (C=O) groups excluding carboxylic acids is 1. The van der Waals surface area contributed by atoms with Crippen LogP contribution in [-0.2, 0) is 11.4 Å². The summed E-state index contributed by atoms with van der Waals surface area (Å²) in [5, 5.41) is 3.32. The van der Waals surface area contributed by atoms with Gasteiger partial charge in [-0.2, -0.15) is 0 Å². The van der Waals surface area contributed by atoms with Gasteiger partial charge >= 0.3 is 5.97 Å². The molecule has 0 unspecified atom stereocenters. The van der Waals surface area contributed by atoms with E-state index >= 15 is 0 Å². The average molecular weight is 309 g/mol. The van der Waals surface area contributed by atoms with Crippen molar-refractivity contribution in [3.05, 3.63) is 59.9 Å². The van der Waals surface area contributed by atoms with Gasteiger partial charge in [-0.1, -0.05) is 6.07 Å². The zero-order chi connectivity index (χ0) is 16.2. The van der Waals surface area contributed by atoms with E-state index in [1.165, 1.54) is 5.56 Å². The number of imidazole rings is 1. The lowest BCUT2D eigenvalue weighted by atomic mass is 10.2. The van der Waals surface area contributed by atoms with Crippen LogP contribution < -0.4 is 5.32 Å². The summed E-state index contributed by atoms with van der Waals surface area (Å²) in [6.07, 6.45) is 1.82. The van der Waals surface area contributed by atoms with Crippen molar-refractivity contribution < 1.29 is 9.53 Å². The maximum atomic E-state index is 11.6. The highest BCUT2D eigenvalue weighted by atomic mass is 16.5. The van der Waals surface area contributed by atoms with E-state index in [1.54, 1.807) is 19.1 Å². The Morgan fingerprint density at radius 3 is 2.74 bits per heavy atom. The van der Waals surface area contributed by atoms with Gasteiger partial charge < -0.3 is 14.6 Å². The first-order chi connectivity index (χ1) is 11.2. The Labute approximate surface area is 134 Å². The number of rotatable bonds is 5. The first kappa shape index (κ1) is 15.1. The molecule has 23 heavy (non-hydrogen) atoms. The summed E-state index contributed by atoms with van der Waals surface area (Å²) in [6.45, 7) is 4.84. The maximum absolute atomic E-state index is 11.6. The lowest BCUT2D eigenvalue weighted by molar-refractivity contribution is 0.0526. The van der Waals surface area contributed by atoms with Crippen molar-refractivity contribution in [2.24, 2.45) is 0 Å². The molecule has 0 atom stereocenters. The number of aryl methyl sites for hydroxylation is 1. The molecule has 5 heteroatoms. The monoisotopic (exact) mass is 309 g/mol. The standard InChI is InChI=1S/C18H19N3O2/c1-3-23-18(22)14-5-7-15(8-6-14)19-11-21-12-20-16-10-13(2)4-9-17(16)21/h4-10,12,19H,3,11H2,1-2H3. The van der Waals surface area contributed by atoms with E-state index in [2.05, 4.69) is 35.4 Å². The van der Waals surface area contributed by atoms with Crippen LogP contribution in [-0.4, -0.2) is 22.1 Å². The third-order valence-corrected chi connectivity index (χ3v) is 3.63. The molecular weight excluding hydrogens is 290 g/mol. The first-order valence-corrected chi connectivity index (χ1v) is 7.60. The predicted molar refractivity (Wildman–Crippen MR) is 90.5 cm³/mol. The van der Waals surface area contributed by atoms with Crippen LogP contribution in [0.5, 0.6) is 0 Å². The lowest BCUT2D eigenvalue weighted by Gasteiger charge is -2.09. The summed E-state index contributed by atoms with van der Waals surface area (Å²) in [6, 6.07) is 13.5. The molecule has 0 bridgehead atoms. The van der Waals surface area contributed by atoms with Crippen LogP contribution in [0.2, 0.25) is 0 Å². The molecule has 1 N–H and O–H groups in total. The Kier molecular flexibility index (Phi) is 4.28. The number of aromatic nitrogens is 2. The van der Waals surface area contributed by atoms with E-state index in [1.807, 2.05) is 23.0 Å². The van der Waals surface area contributed by atoms with E-state index in [0.717, 1.165) is 16.7 Å². The summed E-state index contributed by atoms with van der Waals surface area (Å²) in [5.41, 5.74) is 4.77. The van der Waals surface area contributed by atoms with Crippen molar-refractivity contribution in [3.63, 3.8) is 0 Å². The molecule has 2 aromatic carbocycles. The molecule has 0 amide bonds. The molecule has 0 aliphatic carbocycles. The highest BCUT2D eigenvalue weighted by Crippen LogP contribution is 2.16. The molecule has 3 rings (SSSR count). The number of anilines is 1. The van der Waals surface area contributed by atoms with Crippen LogP contribution >= 0.6 is 0 Å². The molecular formula is C18H19N3O2. The molecule has 0 saturated carbocycles. The van der Waals surface area contributed by atoms with Gasteiger partial charge in [-0.05, 0) is 55.8 Å². The van der Waals surface area contributed by atoms with Gasteiger partial charge in [0.2, 0.25) is 0 Å². The first-order valence-electron chi connectivity index (χ1n) is 7.60. The molecule has 0 saturated heterocycles. The third kappa shape index (κ3) is 3.34. The van der Waals surface area contributed by atoms with Gasteiger partial charge in [-0.25, -0.2) is 9.78 Å². The van der Waals surface area contributed by atoms with Crippen LogP contribution in [0.1, 0.15) is 22.8 Å². The Morgan fingerprint density at radius 1 is 1.22 bits per heavy atom. The minimum atomic E-state index is -0.296. The van der Waals surface area contributed by atoms with Crippen molar-refractivity contribution in [2.75, 3.05) is 11.9 Å². The molecule has 0 aliphatic rings. The predicted octanol–water partition coefficient (Wildman–Crippen LogP) is 3.59. The molecule has 118 valence electrons. The van der Waals surface area contributed by atoms with Crippen molar-refractivity contribution in [3.8, 4) is 0 Å². The number of esters is 1. The summed E-state index contributed by atoms with van der Waals surface area (Å²) in [7, 11) is 0. The average Bonchev–Trinajstić information content (AvgIpc) is 2.95. The highest BCUT2D eigenvalue weighted by Gasteiger charge is 2.06. The fourth-order valence-corrected chi connectivity index (χ4v) is 2.41. The number of nitrogens with zero attached hydrogens (tertiary/aromatic N) is 2. The Bertz CT molecular complexity index is 822. The summed E-state index contributed by atoms with van der Waals surface area (Å²) < 4.78 is 7.02. The van der Waals surface area contributed by atoms with Crippen molar-refractivity contribution in [2.45, 2.75) is 20.5 Å². The Hall–Kier alpha value is -2.82. The van der Waals surface area contributed by atoms with Gasteiger partial charge in [0.15, 0.2) is 0 Å². The number of ether oxygens (including phenoxy) is 1. The molecule has 1 heterocycles. The topological polar surface area (TPSA) is 56.1 Å². The minimum absolute atomic E-state index is 0.296. The fourth-order valence-electron chi connectivity index (χ4n) is 2.41. The van der Waals surface area contributed by atoms with E-state index in [4.69, 9.17) is 4.74 Å². The number of nitrogens with one attached hydrogen (secondary N) is 1. The summed E-state index contributed by atoms with van der Waals surface area (Å²) in [5.74, 6) is -0.296. The number of carbonyl (C=O) groups is 1. The molecule has 0 spiro atoms. The second-order valence-electron chi connectivity index (χ2n) is 5.34. The van der Waals surface area contributed by atoms with Gasteiger partial charge in [0, 0.05) is 5.69 Å². The number of hydrogen-bond donors (Lipinski definition) is 1. The van der Waals surface area contributed by atoms with Crippen molar-refractivity contribution >= 4 is 22.7 Å². The molecule has 5 nitrogen and oxygen atoms in total. The molecule has 0 aliphatic heterocycles. The maximum Gasteiger partial charge on any atom is 0.338 e. The zero-order valence-corrected chi connectivity index (χ0v) is 13.2. The van der Waals surface area contributed by atoms with Crippen LogP contribution in [0, 0.1) is 6.92 Å². The zero-order valence-electron chi connectivity index (χ0n) is 13.2. The molecule has 0 fully saturated rings. The number of hydrogen-bond acceptors (Lipinski definition) is 4. The SMILES string of the molecule is CCOC(=O)c1ccc(NCn2cnc3cc(C)ccc32)cc1. The van der Waals surface area contributed by atoms with E-state index in [9.17, 15) is 4.79 Å². The fraction of sp³-hybridized carbons (Fsp3) is 0.222. The van der Waals surface area contributed by atoms with Gasteiger partial charge in [0.25, 0.3) is 0 Å². The quantitative estimate of drug-likeness (QED) is 0.732. The molecule has 0 radical (unpaired) electrons.